The fraction of sp³-hybridized carbons (Fsp3) is 0.462. The predicted molar refractivity (Wildman–Crippen MR) is 62.3 cm³/mol. The molecule has 2 atom stereocenters. The second kappa shape index (κ2) is 4.35. The number of phenols is 1. The van der Waals surface area contributed by atoms with Crippen molar-refractivity contribution in [3.63, 3.8) is 0 Å². The van der Waals surface area contributed by atoms with Gasteiger partial charge in [-0.25, -0.2) is 4.39 Å². The lowest BCUT2D eigenvalue weighted by Gasteiger charge is -2.17. The van der Waals surface area contributed by atoms with Crippen molar-refractivity contribution in [1.82, 2.24) is 4.90 Å². The summed E-state index contributed by atoms with van der Waals surface area (Å²) in [4.78, 5) is 13.7. The van der Waals surface area contributed by atoms with Crippen LogP contribution in [-0.4, -0.2) is 29.0 Å². The molecule has 0 radical (unpaired) electrons. The van der Waals surface area contributed by atoms with Gasteiger partial charge in [0.15, 0.2) is 0 Å². The zero-order chi connectivity index (χ0) is 12.6. The first kappa shape index (κ1) is 11.9. The minimum absolute atomic E-state index is 0.214. The second-order valence-corrected chi connectivity index (χ2v) is 4.80. The smallest absolute Gasteiger partial charge is 0.260 e. The van der Waals surface area contributed by atoms with E-state index < -0.39 is 11.7 Å². The van der Waals surface area contributed by atoms with Gasteiger partial charge in [0, 0.05) is 13.1 Å². The van der Waals surface area contributed by atoms with Crippen LogP contribution in [0.2, 0.25) is 0 Å². The summed E-state index contributed by atoms with van der Waals surface area (Å²) in [6.45, 7) is 5.37. The SMILES string of the molecule is CC1CN(C(=O)c2c(O)cccc2F)CC1C. The summed E-state index contributed by atoms with van der Waals surface area (Å²) in [5.41, 5.74) is -0.214. The molecule has 92 valence electrons. The van der Waals surface area contributed by atoms with E-state index in [2.05, 4.69) is 13.8 Å². The Bertz CT molecular complexity index is 417. The monoisotopic (exact) mass is 237 g/mol. The van der Waals surface area contributed by atoms with Gasteiger partial charge in [-0.15, -0.1) is 0 Å². The lowest BCUT2D eigenvalue weighted by atomic mass is 10.0. The van der Waals surface area contributed by atoms with E-state index in [1.807, 2.05) is 0 Å². The Hall–Kier alpha value is -1.58. The van der Waals surface area contributed by atoms with Crippen LogP contribution in [0.3, 0.4) is 0 Å². The molecule has 1 aromatic rings. The van der Waals surface area contributed by atoms with Crippen molar-refractivity contribution < 1.29 is 14.3 Å². The first-order valence-electron chi connectivity index (χ1n) is 5.77. The number of phenolic OH excluding ortho intramolecular Hbond substituents is 1. The topological polar surface area (TPSA) is 40.5 Å². The number of halogens is 1. The highest BCUT2D eigenvalue weighted by Crippen LogP contribution is 2.27. The van der Waals surface area contributed by atoms with Crippen molar-refractivity contribution in [1.29, 1.82) is 0 Å². The summed E-state index contributed by atoms with van der Waals surface area (Å²) in [6.07, 6.45) is 0. The molecule has 1 amide bonds. The molecule has 1 aromatic carbocycles. The molecule has 0 saturated carbocycles. The first-order valence-corrected chi connectivity index (χ1v) is 5.77. The van der Waals surface area contributed by atoms with Crippen LogP contribution in [0.15, 0.2) is 18.2 Å². The summed E-state index contributed by atoms with van der Waals surface area (Å²) in [5, 5.41) is 9.57. The van der Waals surface area contributed by atoms with E-state index >= 15 is 0 Å². The Labute approximate surface area is 99.9 Å². The Morgan fingerprint density at radius 3 is 2.47 bits per heavy atom. The largest absolute Gasteiger partial charge is 0.507 e. The molecule has 1 heterocycles. The van der Waals surface area contributed by atoms with Gasteiger partial charge in [-0.2, -0.15) is 0 Å². The lowest BCUT2D eigenvalue weighted by molar-refractivity contribution is 0.0777. The maximum absolute atomic E-state index is 13.5. The standard InChI is InChI=1S/C13H16FNO2/c1-8-6-15(7-9(8)2)13(17)12-10(14)4-3-5-11(12)16/h3-5,8-9,16H,6-7H2,1-2H3. The maximum atomic E-state index is 13.5. The van der Waals surface area contributed by atoms with E-state index in [0.29, 0.717) is 24.9 Å². The van der Waals surface area contributed by atoms with Crippen LogP contribution < -0.4 is 0 Å². The van der Waals surface area contributed by atoms with Crippen LogP contribution in [0, 0.1) is 17.7 Å². The summed E-state index contributed by atoms with van der Waals surface area (Å²) < 4.78 is 13.5. The highest BCUT2D eigenvalue weighted by atomic mass is 19.1. The van der Waals surface area contributed by atoms with E-state index in [1.165, 1.54) is 18.2 Å². The van der Waals surface area contributed by atoms with Crippen LogP contribution in [-0.2, 0) is 0 Å². The molecule has 2 rings (SSSR count). The zero-order valence-corrected chi connectivity index (χ0v) is 9.98. The highest BCUT2D eigenvalue weighted by molar-refractivity contribution is 5.97. The predicted octanol–water partition coefficient (Wildman–Crippen LogP) is 2.26. The summed E-state index contributed by atoms with van der Waals surface area (Å²) in [5.74, 6) is -0.554. The van der Waals surface area contributed by atoms with Gasteiger partial charge < -0.3 is 10.0 Å². The fourth-order valence-electron chi connectivity index (χ4n) is 2.18. The average Bonchev–Trinajstić information content (AvgIpc) is 2.59. The summed E-state index contributed by atoms with van der Waals surface area (Å²) >= 11 is 0. The summed E-state index contributed by atoms with van der Waals surface area (Å²) in [6, 6.07) is 3.91. The van der Waals surface area contributed by atoms with Gasteiger partial charge in [-0.05, 0) is 24.0 Å². The maximum Gasteiger partial charge on any atom is 0.260 e. The number of hydrogen-bond acceptors (Lipinski definition) is 2. The Balaban J connectivity index is 2.27. The molecule has 1 aliphatic heterocycles. The van der Waals surface area contributed by atoms with Gasteiger partial charge in [0.25, 0.3) is 5.91 Å². The molecule has 1 aliphatic rings. The normalized spacial score (nSPS) is 24.1. The van der Waals surface area contributed by atoms with Crippen LogP contribution >= 0.6 is 0 Å². The van der Waals surface area contributed by atoms with Crippen molar-refractivity contribution in [2.75, 3.05) is 13.1 Å². The first-order chi connectivity index (χ1) is 8.00. The molecule has 1 N–H and O–H groups in total. The Morgan fingerprint density at radius 2 is 1.94 bits per heavy atom. The number of amides is 1. The minimum atomic E-state index is -0.665. The van der Waals surface area contributed by atoms with E-state index in [9.17, 15) is 14.3 Å². The van der Waals surface area contributed by atoms with Gasteiger partial charge in [-0.1, -0.05) is 19.9 Å². The third-order valence-electron chi connectivity index (χ3n) is 3.48. The molecule has 2 unspecified atom stereocenters. The molecule has 0 aliphatic carbocycles. The van der Waals surface area contributed by atoms with E-state index in [0.717, 1.165) is 0 Å². The molecule has 0 bridgehead atoms. The number of likely N-dealkylation sites (tertiary alicyclic amines) is 1. The average molecular weight is 237 g/mol. The minimum Gasteiger partial charge on any atom is -0.507 e. The van der Waals surface area contributed by atoms with E-state index in [-0.39, 0.29) is 11.3 Å². The molecule has 3 nitrogen and oxygen atoms in total. The number of rotatable bonds is 1. The molecule has 0 aromatic heterocycles. The molecular formula is C13H16FNO2. The quantitative estimate of drug-likeness (QED) is 0.814. The van der Waals surface area contributed by atoms with Gasteiger partial charge in [0.1, 0.15) is 17.1 Å². The molecular weight excluding hydrogens is 221 g/mol. The van der Waals surface area contributed by atoms with Gasteiger partial charge in [-0.3, -0.25) is 4.79 Å². The van der Waals surface area contributed by atoms with Gasteiger partial charge in [0.2, 0.25) is 0 Å². The Morgan fingerprint density at radius 1 is 1.35 bits per heavy atom. The van der Waals surface area contributed by atoms with Crippen molar-refractivity contribution >= 4 is 5.91 Å². The number of carbonyl (C=O) groups is 1. The molecule has 4 heteroatoms. The van der Waals surface area contributed by atoms with Crippen LogP contribution in [0.25, 0.3) is 0 Å². The molecule has 0 spiro atoms. The van der Waals surface area contributed by atoms with E-state index in [1.54, 1.807) is 4.90 Å². The highest BCUT2D eigenvalue weighted by Gasteiger charge is 2.32. The molecule has 1 fully saturated rings. The zero-order valence-electron chi connectivity index (χ0n) is 9.98. The van der Waals surface area contributed by atoms with Crippen molar-refractivity contribution in [3.8, 4) is 5.75 Å². The van der Waals surface area contributed by atoms with Crippen molar-refractivity contribution in [2.45, 2.75) is 13.8 Å². The van der Waals surface area contributed by atoms with Gasteiger partial charge in [0.05, 0.1) is 0 Å². The van der Waals surface area contributed by atoms with Crippen LogP contribution in [0.1, 0.15) is 24.2 Å². The van der Waals surface area contributed by atoms with E-state index in [4.69, 9.17) is 0 Å². The van der Waals surface area contributed by atoms with Crippen molar-refractivity contribution in [2.24, 2.45) is 11.8 Å². The third-order valence-corrected chi connectivity index (χ3v) is 3.48. The number of benzene rings is 1. The molecule has 1 saturated heterocycles. The third kappa shape index (κ3) is 2.12. The number of nitrogens with zero attached hydrogens (tertiary/aromatic N) is 1. The van der Waals surface area contributed by atoms with Gasteiger partial charge >= 0.3 is 0 Å². The lowest BCUT2D eigenvalue weighted by Crippen LogP contribution is -2.29. The van der Waals surface area contributed by atoms with Crippen LogP contribution in [0.5, 0.6) is 5.75 Å². The second-order valence-electron chi connectivity index (χ2n) is 4.80. The summed E-state index contributed by atoms with van der Waals surface area (Å²) in [7, 11) is 0. The fourth-order valence-corrected chi connectivity index (χ4v) is 2.18. The number of carbonyl (C=O) groups excluding carboxylic acids is 1. The Kier molecular flexibility index (Phi) is 3.05. The molecule has 17 heavy (non-hydrogen) atoms. The number of hydrogen-bond donors (Lipinski definition) is 1. The number of aromatic hydroxyl groups is 1. The van der Waals surface area contributed by atoms with Crippen molar-refractivity contribution in [3.05, 3.63) is 29.6 Å². The van der Waals surface area contributed by atoms with Crippen LogP contribution in [0.4, 0.5) is 4.39 Å².